The predicted molar refractivity (Wildman–Crippen MR) is 137 cm³/mol. The number of para-hydroxylation sites is 3. The van der Waals surface area contributed by atoms with Crippen molar-refractivity contribution in [1.29, 1.82) is 0 Å². The number of amides is 1. The first-order valence-electron chi connectivity index (χ1n) is 11.1. The van der Waals surface area contributed by atoms with Crippen LogP contribution in [0.5, 0.6) is 11.5 Å². The van der Waals surface area contributed by atoms with Gasteiger partial charge in [-0.2, -0.15) is 4.31 Å². The maximum atomic E-state index is 13.4. The van der Waals surface area contributed by atoms with Crippen molar-refractivity contribution in [2.24, 2.45) is 0 Å². The molecule has 0 unspecified atom stereocenters. The molecule has 0 fully saturated rings. The molecule has 6 nitrogen and oxygen atoms in total. The molecule has 0 aliphatic rings. The molecular formula is C28H26N2O4S. The first kappa shape index (κ1) is 24.2. The van der Waals surface area contributed by atoms with Gasteiger partial charge in [0.25, 0.3) is 0 Å². The lowest BCUT2D eigenvalue weighted by Gasteiger charge is -2.22. The Kier molecular flexibility index (Phi) is 7.60. The number of carbonyl (C=O) groups excluding carboxylic acids is 1. The van der Waals surface area contributed by atoms with Gasteiger partial charge in [-0.15, -0.1) is 0 Å². The van der Waals surface area contributed by atoms with Crippen LogP contribution in [0.25, 0.3) is 0 Å². The summed E-state index contributed by atoms with van der Waals surface area (Å²) in [5.74, 6) is 0.616. The van der Waals surface area contributed by atoms with Gasteiger partial charge in [0.15, 0.2) is 5.75 Å². The van der Waals surface area contributed by atoms with Crippen molar-refractivity contribution in [2.75, 3.05) is 11.9 Å². The monoisotopic (exact) mass is 486 g/mol. The van der Waals surface area contributed by atoms with E-state index in [4.69, 9.17) is 4.74 Å². The molecule has 0 spiro atoms. The number of sulfonamides is 1. The van der Waals surface area contributed by atoms with Crippen LogP contribution in [0.4, 0.5) is 5.69 Å². The highest BCUT2D eigenvalue weighted by atomic mass is 32.2. The molecule has 0 radical (unpaired) electrons. The third-order valence-corrected chi connectivity index (χ3v) is 7.12. The molecule has 0 aliphatic carbocycles. The Balaban J connectivity index is 1.56. The second-order valence-electron chi connectivity index (χ2n) is 8.03. The van der Waals surface area contributed by atoms with E-state index in [1.165, 1.54) is 16.4 Å². The minimum Gasteiger partial charge on any atom is -0.455 e. The normalized spacial score (nSPS) is 11.3. The van der Waals surface area contributed by atoms with Gasteiger partial charge >= 0.3 is 0 Å². The summed E-state index contributed by atoms with van der Waals surface area (Å²) in [4.78, 5) is 13.2. The summed E-state index contributed by atoms with van der Waals surface area (Å²) in [7, 11) is -3.91. The standard InChI is InChI=1S/C28H26N2O4S/c1-22-16-18-23(19-17-22)20-30(35(32,33)25-12-6-3-7-13-25)21-28(31)29-26-14-8-9-15-27(26)34-24-10-4-2-5-11-24/h2-19H,20-21H2,1H3,(H,29,31). The molecule has 0 bridgehead atoms. The van der Waals surface area contributed by atoms with Crippen molar-refractivity contribution < 1.29 is 17.9 Å². The molecule has 0 heterocycles. The quantitative estimate of drug-likeness (QED) is 0.333. The number of hydrogen-bond acceptors (Lipinski definition) is 4. The molecular weight excluding hydrogens is 460 g/mol. The number of benzene rings is 4. The second kappa shape index (κ2) is 11.0. The summed E-state index contributed by atoms with van der Waals surface area (Å²) in [5, 5.41) is 2.81. The van der Waals surface area contributed by atoms with E-state index >= 15 is 0 Å². The average molecular weight is 487 g/mol. The molecule has 0 atom stereocenters. The Morgan fingerprint density at radius 1 is 0.800 bits per heavy atom. The summed E-state index contributed by atoms with van der Waals surface area (Å²) in [6, 6.07) is 31.9. The highest BCUT2D eigenvalue weighted by molar-refractivity contribution is 7.89. The van der Waals surface area contributed by atoms with Crippen LogP contribution < -0.4 is 10.1 Å². The topological polar surface area (TPSA) is 75.7 Å². The Hall–Kier alpha value is -3.94. The van der Waals surface area contributed by atoms with E-state index in [0.717, 1.165) is 11.1 Å². The van der Waals surface area contributed by atoms with Crippen LogP contribution in [0.2, 0.25) is 0 Å². The smallest absolute Gasteiger partial charge is 0.243 e. The van der Waals surface area contributed by atoms with E-state index < -0.39 is 15.9 Å². The van der Waals surface area contributed by atoms with Gasteiger partial charge in [-0.1, -0.05) is 78.4 Å². The van der Waals surface area contributed by atoms with Gasteiger partial charge in [0, 0.05) is 6.54 Å². The van der Waals surface area contributed by atoms with E-state index in [1.807, 2.05) is 61.5 Å². The number of ether oxygens (including phenoxy) is 1. The molecule has 4 aromatic carbocycles. The number of rotatable bonds is 9. The molecule has 1 N–H and O–H groups in total. The first-order valence-corrected chi connectivity index (χ1v) is 12.6. The molecule has 0 aliphatic heterocycles. The summed E-state index contributed by atoms with van der Waals surface area (Å²) in [6.45, 7) is 1.67. The van der Waals surface area contributed by atoms with Gasteiger partial charge in [0.2, 0.25) is 15.9 Å². The molecule has 4 rings (SSSR count). The molecule has 178 valence electrons. The van der Waals surface area contributed by atoms with E-state index in [-0.39, 0.29) is 18.0 Å². The van der Waals surface area contributed by atoms with Crippen molar-refractivity contribution >= 4 is 21.6 Å². The Labute approximate surface area is 205 Å². The first-order chi connectivity index (χ1) is 16.9. The van der Waals surface area contributed by atoms with E-state index in [0.29, 0.717) is 17.2 Å². The second-order valence-corrected chi connectivity index (χ2v) is 9.97. The lowest BCUT2D eigenvalue weighted by molar-refractivity contribution is -0.116. The number of hydrogen-bond donors (Lipinski definition) is 1. The minimum atomic E-state index is -3.91. The van der Waals surface area contributed by atoms with E-state index in [1.54, 1.807) is 42.5 Å². The maximum absolute atomic E-state index is 13.4. The third-order valence-electron chi connectivity index (χ3n) is 5.31. The lowest BCUT2D eigenvalue weighted by atomic mass is 10.1. The van der Waals surface area contributed by atoms with Crippen LogP contribution in [0.3, 0.4) is 0 Å². The number of aryl methyl sites for hydroxylation is 1. The third kappa shape index (κ3) is 6.35. The lowest BCUT2D eigenvalue weighted by Crippen LogP contribution is -2.37. The highest BCUT2D eigenvalue weighted by Gasteiger charge is 2.27. The summed E-state index contributed by atoms with van der Waals surface area (Å²) >= 11 is 0. The molecule has 7 heteroatoms. The average Bonchev–Trinajstić information content (AvgIpc) is 2.87. The van der Waals surface area contributed by atoms with Crippen LogP contribution in [0.1, 0.15) is 11.1 Å². The minimum absolute atomic E-state index is 0.0626. The fraction of sp³-hybridized carbons (Fsp3) is 0.107. The summed E-state index contributed by atoms with van der Waals surface area (Å²) in [5.41, 5.74) is 2.31. The molecule has 0 aromatic heterocycles. The van der Waals surface area contributed by atoms with Gasteiger partial charge in [-0.3, -0.25) is 4.79 Å². The van der Waals surface area contributed by atoms with Gasteiger partial charge in [-0.05, 0) is 48.9 Å². The van der Waals surface area contributed by atoms with Crippen LogP contribution in [-0.4, -0.2) is 25.2 Å². The van der Waals surface area contributed by atoms with Gasteiger partial charge in [0.05, 0.1) is 17.1 Å². The SMILES string of the molecule is Cc1ccc(CN(CC(=O)Nc2ccccc2Oc2ccccc2)S(=O)(=O)c2ccccc2)cc1. The largest absolute Gasteiger partial charge is 0.455 e. The molecule has 35 heavy (non-hydrogen) atoms. The Morgan fingerprint density at radius 3 is 2.09 bits per heavy atom. The molecule has 0 saturated heterocycles. The van der Waals surface area contributed by atoms with E-state index in [9.17, 15) is 13.2 Å². The number of carbonyl (C=O) groups is 1. The molecule has 4 aromatic rings. The van der Waals surface area contributed by atoms with Crippen molar-refractivity contribution in [2.45, 2.75) is 18.4 Å². The highest BCUT2D eigenvalue weighted by Crippen LogP contribution is 2.29. The number of anilines is 1. The van der Waals surface area contributed by atoms with E-state index in [2.05, 4.69) is 5.32 Å². The van der Waals surface area contributed by atoms with Crippen molar-refractivity contribution in [3.05, 3.63) is 120 Å². The summed E-state index contributed by atoms with van der Waals surface area (Å²) < 4.78 is 33.9. The van der Waals surface area contributed by atoms with Crippen LogP contribution in [-0.2, 0) is 21.4 Å². The fourth-order valence-electron chi connectivity index (χ4n) is 3.49. The zero-order valence-electron chi connectivity index (χ0n) is 19.3. The number of nitrogens with zero attached hydrogens (tertiary/aromatic N) is 1. The van der Waals surface area contributed by atoms with Crippen LogP contribution in [0, 0.1) is 6.92 Å². The van der Waals surface area contributed by atoms with Gasteiger partial charge in [-0.25, -0.2) is 8.42 Å². The zero-order chi connectivity index (χ0) is 24.7. The molecule has 0 saturated carbocycles. The number of nitrogens with one attached hydrogen (secondary N) is 1. The van der Waals surface area contributed by atoms with Gasteiger partial charge in [0.1, 0.15) is 5.75 Å². The van der Waals surface area contributed by atoms with Crippen molar-refractivity contribution in [1.82, 2.24) is 4.31 Å². The van der Waals surface area contributed by atoms with Crippen LogP contribution >= 0.6 is 0 Å². The van der Waals surface area contributed by atoms with Gasteiger partial charge < -0.3 is 10.1 Å². The fourth-order valence-corrected chi connectivity index (χ4v) is 4.89. The molecule has 1 amide bonds. The summed E-state index contributed by atoms with van der Waals surface area (Å²) in [6.07, 6.45) is 0. The zero-order valence-corrected chi connectivity index (χ0v) is 20.1. The predicted octanol–water partition coefficient (Wildman–Crippen LogP) is 5.62. The van der Waals surface area contributed by atoms with Crippen molar-refractivity contribution in [3.63, 3.8) is 0 Å². The maximum Gasteiger partial charge on any atom is 0.243 e. The Morgan fingerprint density at radius 2 is 1.40 bits per heavy atom. The Bertz CT molecular complexity index is 1370. The van der Waals surface area contributed by atoms with Crippen molar-refractivity contribution in [3.8, 4) is 11.5 Å². The van der Waals surface area contributed by atoms with Crippen LogP contribution in [0.15, 0.2) is 114 Å².